The average molecular weight is 252 g/mol. The van der Waals surface area contributed by atoms with Gasteiger partial charge >= 0.3 is 5.69 Å². The van der Waals surface area contributed by atoms with E-state index in [0.29, 0.717) is 12.6 Å². The van der Waals surface area contributed by atoms with Crippen molar-refractivity contribution >= 4 is 11.4 Å². The van der Waals surface area contributed by atoms with Crippen LogP contribution < -0.4 is 9.64 Å². The molecule has 1 aromatic carbocycles. The Labute approximate surface area is 105 Å². The molecule has 98 valence electrons. The van der Waals surface area contributed by atoms with Crippen molar-refractivity contribution in [2.24, 2.45) is 0 Å². The summed E-state index contributed by atoms with van der Waals surface area (Å²) in [6.07, 6.45) is 2.19. The number of aliphatic hydroxyl groups excluding tert-OH is 1. The minimum absolute atomic E-state index is 0.0407. The van der Waals surface area contributed by atoms with Gasteiger partial charge in [-0.3, -0.25) is 10.1 Å². The summed E-state index contributed by atoms with van der Waals surface area (Å²) < 4.78 is 5.04. The molecule has 1 aliphatic carbocycles. The number of benzene rings is 1. The molecule has 0 amide bonds. The van der Waals surface area contributed by atoms with E-state index in [4.69, 9.17) is 9.84 Å². The number of anilines is 1. The standard InChI is InChI=1S/C12H16N2O4/c1-18-12-8-10(4-5-11(12)14(16)17)13(6-7-15)9-2-3-9/h4-5,8-9,15H,2-3,6-7H2,1H3. The zero-order chi connectivity index (χ0) is 13.1. The minimum atomic E-state index is -0.462. The van der Waals surface area contributed by atoms with Crippen molar-refractivity contribution in [2.45, 2.75) is 18.9 Å². The van der Waals surface area contributed by atoms with Gasteiger partial charge in [-0.05, 0) is 18.9 Å². The zero-order valence-electron chi connectivity index (χ0n) is 10.2. The van der Waals surface area contributed by atoms with Crippen molar-refractivity contribution in [3.63, 3.8) is 0 Å². The third-order valence-corrected chi connectivity index (χ3v) is 3.02. The second kappa shape index (κ2) is 5.22. The first kappa shape index (κ1) is 12.6. The van der Waals surface area contributed by atoms with Crippen LogP contribution in [0.5, 0.6) is 5.75 Å². The molecule has 6 nitrogen and oxygen atoms in total. The summed E-state index contributed by atoms with van der Waals surface area (Å²) in [5, 5.41) is 19.9. The fourth-order valence-corrected chi connectivity index (χ4v) is 2.01. The largest absolute Gasteiger partial charge is 0.490 e. The molecule has 1 saturated carbocycles. The Morgan fingerprint density at radius 1 is 1.56 bits per heavy atom. The second-order valence-corrected chi connectivity index (χ2v) is 4.26. The smallest absolute Gasteiger partial charge is 0.311 e. The van der Waals surface area contributed by atoms with E-state index in [9.17, 15) is 10.1 Å². The predicted molar refractivity (Wildman–Crippen MR) is 67.1 cm³/mol. The van der Waals surface area contributed by atoms with Crippen LogP contribution in [0.2, 0.25) is 0 Å². The first-order valence-corrected chi connectivity index (χ1v) is 5.87. The Bertz CT molecular complexity index is 446. The Morgan fingerprint density at radius 2 is 2.28 bits per heavy atom. The summed E-state index contributed by atoms with van der Waals surface area (Å²) in [4.78, 5) is 12.4. The van der Waals surface area contributed by atoms with Crippen molar-refractivity contribution < 1.29 is 14.8 Å². The predicted octanol–water partition coefficient (Wildman–Crippen LogP) is 1.56. The number of hydrogen-bond donors (Lipinski definition) is 1. The summed E-state index contributed by atoms with van der Waals surface area (Å²) in [6, 6.07) is 5.24. The lowest BCUT2D eigenvalue weighted by Crippen LogP contribution is -2.28. The molecule has 1 aromatic rings. The molecule has 0 radical (unpaired) electrons. The third kappa shape index (κ3) is 2.53. The van der Waals surface area contributed by atoms with Crippen LogP contribution in [0.4, 0.5) is 11.4 Å². The number of nitro benzene ring substituents is 1. The van der Waals surface area contributed by atoms with E-state index < -0.39 is 4.92 Å². The van der Waals surface area contributed by atoms with Crippen molar-refractivity contribution in [3.8, 4) is 5.75 Å². The van der Waals surface area contributed by atoms with Crippen molar-refractivity contribution in [3.05, 3.63) is 28.3 Å². The van der Waals surface area contributed by atoms with Gasteiger partial charge in [-0.1, -0.05) is 0 Å². The maximum absolute atomic E-state index is 10.8. The highest BCUT2D eigenvalue weighted by atomic mass is 16.6. The van der Waals surface area contributed by atoms with Crippen LogP contribution in [0.25, 0.3) is 0 Å². The van der Waals surface area contributed by atoms with Gasteiger partial charge in [-0.25, -0.2) is 0 Å². The highest BCUT2D eigenvalue weighted by molar-refractivity contribution is 5.60. The van der Waals surface area contributed by atoms with Crippen LogP contribution in [0.15, 0.2) is 18.2 Å². The minimum Gasteiger partial charge on any atom is -0.490 e. The van der Waals surface area contributed by atoms with Gasteiger partial charge in [0.15, 0.2) is 5.75 Å². The van der Waals surface area contributed by atoms with Gasteiger partial charge in [0.1, 0.15) is 0 Å². The lowest BCUT2D eigenvalue weighted by atomic mass is 10.2. The SMILES string of the molecule is COc1cc(N(CCO)C2CC2)ccc1[N+](=O)[O-]. The van der Waals surface area contributed by atoms with Crippen LogP contribution in [0.3, 0.4) is 0 Å². The molecule has 0 bridgehead atoms. The van der Waals surface area contributed by atoms with Crippen molar-refractivity contribution in [2.75, 3.05) is 25.2 Å². The van der Waals surface area contributed by atoms with Crippen LogP contribution >= 0.6 is 0 Å². The van der Waals surface area contributed by atoms with Crippen molar-refractivity contribution in [1.29, 1.82) is 0 Å². The van der Waals surface area contributed by atoms with Gasteiger partial charge in [0, 0.05) is 30.4 Å². The van der Waals surface area contributed by atoms with E-state index in [2.05, 4.69) is 4.90 Å². The number of nitrogens with zero attached hydrogens (tertiary/aromatic N) is 2. The van der Waals surface area contributed by atoms with Crippen LogP contribution in [-0.4, -0.2) is 36.3 Å². The molecule has 1 aliphatic rings. The molecule has 0 atom stereocenters. The second-order valence-electron chi connectivity index (χ2n) is 4.26. The maximum atomic E-state index is 10.8. The van der Waals surface area contributed by atoms with Gasteiger partial charge in [0.25, 0.3) is 0 Å². The normalized spacial score (nSPS) is 14.3. The highest BCUT2D eigenvalue weighted by Gasteiger charge is 2.29. The van der Waals surface area contributed by atoms with E-state index in [1.807, 2.05) is 0 Å². The van der Waals surface area contributed by atoms with E-state index in [1.165, 1.54) is 13.2 Å². The van der Waals surface area contributed by atoms with Crippen LogP contribution in [-0.2, 0) is 0 Å². The number of methoxy groups -OCH3 is 1. The molecular formula is C12H16N2O4. The average Bonchev–Trinajstić information content (AvgIpc) is 3.19. The zero-order valence-corrected chi connectivity index (χ0v) is 10.2. The summed E-state index contributed by atoms with van der Waals surface area (Å²) >= 11 is 0. The topological polar surface area (TPSA) is 75.8 Å². The molecule has 6 heteroatoms. The fraction of sp³-hybridized carbons (Fsp3) is 0.500. The Morgan fingerprint density at radius 3 is 2.78 bits per heavy atom. The van der Waals surface area contributed by atoms with Crippen LogP contribution in [0.1, 0.15) is 12.8 Å². The maximum Gasteiger partial charge on any atom is 0.311 e. The first-order valence-electron chi connectivity index (χ1n) is 5.87. The number of hydrogen-bond acceptors (Lipinski definition) is 5. The monoisotopic (exact) mass is 252 g/mol. The molecule has 0 aliphatic heterocycles. The van der Waals surface area contributed by atoms with Crippen molar-refractivity contribution in [1.82, 2.24) is 0 Å². The molecular weight excluding hydrogens is 236 g/mol. The molecule has 0 saturated heterocycles. The molecule has 0 spiro atoms. The van der Waals surface area contributed by atoms with Gasteiger partial charge in [0.2, 0.25) is 0 Å². The lowest BCUT2D eigenvalue weighted by molar-refractivity contribution is -0.385. The lowest BCUT2D eigenvalue weighted by Gasteiger charge is -2.23. The van der Waals surface area contributed by atoms with E-state index >= 15 is 0 Å². The molecule has 0 aromatic heterocycles. The Balaban J connectivity index is 2.30. The molecule has 2 rings (SSSR count). The van der Waals surface area contributed by atoms with Gasteiger partial charge in [-0.15, -0.1) is 0 Å². The first-order chi connectivity index (χ1) is 8.67. The molecule has 18 heavy (non-hydrogen) atoms. The van der Waals surface area contributed by atoms with E-state index in [0.717, 1.165) is 18.5 Å². The number of ether oxygens (including phenoxy) is 1. The van der Waals surface area contributed by atoms with E-state index in [-0.39, 0.29) is 18.0 Å². The fourth-order valence-electron chi connectivity index (χ4n) is 2.01. The number of rotatable bonds is 6. The third-order valence-electron chi connectivity index (χ3n) is 3.02. The van der Waals surface area contributed by atoms with Gasteiger partial charge in [0.05, 0.1) is 18.6 Å². The van der Waals surface area contributed by atoms with Gasteiger partial charge in [-0.2, -0.15) is 0 Å². The van der Waals surface area contributed by atoms with E-state index in [1.54, 1.807) is 12.1 Å². The highest BCUT2D eigenvalue weighted by Crippen LogP contribution is 2.36. The molecule has 0 heterocycles. The summed E-state index contributed by atoms with van der Waals surface area (Å²) in [5.41, 5.74) is 0.815. The Kier molecular flexibility index (Phi) is 3.66. The molecule has 1 fully saturated rings. The summed E-state index contributed by atoms with van der Waals surface area (Å²) in [7, 11) is 1.42. The number of aliphatic hydroxyl groups is 1. The van der Waals surface area contributed by atoms with Crippen LogP contribution in [0, 0.1) is 10.1 Å². The quantitative estimate of drug-likeness (QED) is 0.614. The summed E-state index contributed by atoms with van der Waals surface area (Å²) in [6.45, 7) is 0.599. The summed E-state index contributed by atoms with van der Waals surface area (Å²) in [5.74, 6) is 0.251. The number of nitro groups is 1. The molecule has 1 N–H and O–H groups in total. The van der Waals surface area contributed by atoms with Gasteiger partial charge < -0.3 is 14.7 Å². The molecule has 0 unspecified atom stereocenters. The Hall–Kier alpha value is -1.82.